The van der Waals surface area contributed by atoms with Crippen LogP contribution in [0.3, 0.4) is 0 Å². The zero-order chi connectivity index (χ0) is 23.9. The molecule has 0 spiro atoms. The Labute approximate surface area is 217 Å². The molecule has 36 heavy (non-hydrogen) atoms. The summed E-state index contributed by atoms with van der Waals surface area (Å²) in [5.74, 6) is 2.01. The molecule has 1 saturated carbocycles. The number of methoxy groups -OCH3 is 1. The van der Waals surface area contributed by atoms with Crippen molar-refractivity contribution in [2.45, 2.75) is 64.5 Å². The smallest absolute Gasteiger partial charge is 0.160 e. The van der Waals surface area contributed by atoms with Crippen LogP contribution in [0.1, 0.15) is 49.8 Å². The van der Waals surface area contributed by atoms with Crippen LogP contribution in [0.15, 0.2) is 30.3 Å². The van der Waals surface area contributed by atoms with Crippen molar-refractivity contribution in [2.24, 2.45) is 0 Å². The first-order valence-electron chi connectivity index (χ1n) is 12.8. The predicted octanol–water partition coefficient (Wildman–Crippen LogP) is 5.35. The van der Waals surface area contributed by atoms with Crippen molar-refractivity contribution in [3.05, 3.63) is 41.6 Å². The molecule has 0 radical (unpaired) electrons. The van der Waals surface area contributed by atoms with Crippen molar-refractivity contribution in [1.82, 2.24) is 24.6 Å². The molecule has 1 N–H and O–H groups in total. The molecule has 1 saturated heterocycles. The molecule has 2 fully saturated rings. The molecule has 2 aliphatic rings. The van der Waals surface area contributed by atoms with Crippen molar-refractivity contribution >= 4 is 40.7 Å². The molecule has 190 valence electrons. The van der Waals surface area contributed by atoms with Gasteiger partial charge >= 0.3 is 0 Å². The van der Waals surface area contributed by atoms with Gasteiger partial charge in [0.1, 0.15) is 23.0 Å². The van der Waals surface area contributed by atoms with Crippen LogP contribution in [0, 0.1) is 13.8 Å². The second-order valence-electron chi connectivity index (χ2n) is 10.00. The summed E-state index contributed by atoms with van der Waals surface area (Å²) in [6.45, 7) is 6.18. The van der Waals surface area contributed by atoms with Crippen LogP contribution in [0.25, 0.3) is 28.1 Å². The molecular formula is C27H34ClN7O. The van der Waals surface area contributed by atoms with Crippen LogP contribution < -0.4 is 10.2 Å². The maximum atomic E-state index is 5.57. The highest BCUT2D eigenvalue weighted by Crippen LogP contribution is 2.30. The number of rotatable bonds is 5. The van der Waals surface area contributed by atoms with E-state index in [1.807, 2.05) is 30.7 Å². The molecule has 0 bridgehead atoms. The largest absolute Gasteiger partial charge is 0.381 e. The molecule has 8 nitrogen and oxygen atoms in total. The van der Waals surface area contributed by atoms with Gasteiger partial charge in [-0.25, -0.2) is 15.0 Å². The highest BCUT2D eigenvalue weighted by atomic mass is 35.5. The van der Waals surface area contributed by atoms with Gasteiger partial charge in [-0.15, -0.1) is 12.4 Å². The minimum absolute atomic E-state index is 0. The Bertz CT molecular complexity index is 1370. The van der Waals surface area contributed by atoms with Gasteiger partial charge in [-0.3, -0.25) is 0 Å². The lowest BCUT2D eigenvalue weighted by atomic mass is 9.93. The SMILES string of the molecule is COC1CCC(Nc2cc(N3CCCC3)nc3cc(-c4nc5cc(C)ccc5nc4C)nn23)CC1.Cl. The number of anilines is 2. The van der Waals surface area contributed by atoms with Crippen LogP contribution in [-0.2, 0) is 4.74 Å². The molecule has 1 aromatic carbocycles. The lowest BCUT2D eigenvalue weighted by Gasteiger charge is -2.29. The Kier molecular flexibility index (Phi) is 6.99. The molecule has 6 rings (SSSR count). The summed E-state index contributed by atoms with van der Waals surface area (Å²) in [7, 11) is 1.82. The van der Waals surface area contributed by atoms with E-state index in [2.05, 4.69) is 35.3 Å². The third-order valence-electron chi connectivity index (χ3n) is 7.44. The molecule has 4 aromatic rings. The second-order valence-corrected chi connectivity index (χ2v) is 10.00. The maximum Gasteiger partial charge on any atom is 0.160 e. The molecule has 0 amide bonds. The highest BCUT2D eigenvalue weighted by molar-refractivity contribution is 5.85. The van der Waals surface area contributed by atoms with E-state index >= 15 is 0 Å². The fraction of sp³-hybridized carbons (Fsp3) is 0.481. The fourth-order valence-electron chi connectivity index (χ4n) is 5.44. The van der Waals surface area contributed by atoms with Gasteiger partial charge < -0.3 is 15.0 Å². The first-order valence-corrected chi connectivity index (χ1v) is 12.8. The number of nitrogens with one attached hydrogen (secondary N) is 1. The number of aromatic nitrogens is 5. The third kappa shape index (κ3) is 4.72. The summed E-state index contributed by atoms with van der Waals surface area (Å²) < 4.78 is 7.52. The minimum atomic E-state index is 0. The topological polar surface area (TPSA) is 80.5 Å². The van der Waals surface area contributed by atoms with Crippen molar-refractivity contribution in [3.8, 4) is 11.4 Å². The van der Waals surface area contributed by atoms with E-state index in [9.17, 15) is 0 Å². The van der Waals surface area contributed by atoms with Crippen molar-refractivity contribution in [1.29, 1.82) is 0 Å². The van der Waals surface area contributed by atoms with E-state index in [1.54, 1.807) is 0 Å². The van der Waals surface area contributed by atoms with E-state index in [0.29, 0.717) is 12.1 Å². The number of hydrogen-bond acceptors (Lipinski definition) is 7. The van der Waals surface area contributed by atoms with Gasteiger partial charge in [0.05, 0.1) is 22.8 Å². The number of aryl methyl sites for hydroxylation is 2. The number of ether oxygens (including phenoxy) is 1. The fourth-order valence-corrected chi connectivity index (χ4v) is 5.44. The average Bonchev–Trinajstić information content (AvgIpc) is 3.55. The lowest BCUT2D eigenvalue weighted by molar-refractivity contribution is 0.0681. The second kappa shape index (κ2) is 10.2. The van der Waals surface area contributed by atoms with Crippen LogP contribution in [-0.4, -0.2) is 56.9 Å². The van der Waals surface area contributed by atoms with Crippen molar-refractivity contribution in [2.75, 3.05) is 30.4 Å². The third-order valence-corrected chi connectivity index (χ3v) is 7.44. The van der Waals surface area contributed by atoms with Gasteiger partial charge in [0.15, 0.2) is 5.65 Å². The van der Waals surface area contributed by atoms with Gasteiger partial charge in [0, 0.05) is 38.4 Å². The summed E-state index contributed by atoms with van der Waals surface area (Å²) >= 11 is 0. The summed E-state index contributed by atoms with van der Waals surface area (Å²) in [4.78, 5) is 17.1. The Balaban J connectivity index is 0.00000267. The molecule has 9 heteroatoms. The van der Waals surface area contributed by atoms with Gasteiger partial charge in [-0.2, -0.15) is 9.61 Å². The first kappa shape index (κ1) is 24.7. The highest BCUT2D eigenvalue weighted by Gasteiger charge is 2.24. The minimum Gasteiger partial charge on any atom is -0.381 e. The van der Waals surface area contributed by atoms with E-state index in [4.69, 9.17) is 24.8 Å². The van der Waals surface area contributed by atoms with Gasteiger partial charge in [-0.05, 0) is 70.1 Å². The first-order chi connectivity index (χ1) is 17.1. The number of halogens is 1. The standard InChI is InChI=1S/C27H33N7O.ClH/c1-17-6-11-21-22(14-17)30-27(18(2)28-21)23-15-25-31-24(33-12-4-5-13-33)16-26(34(25)32-23)29-19-7-9-20(35-3)10-8-19;/h6,11,14-16,19-20,29H,4-5,7-10,12-13H2,1-3H3;1H. The summed E-state index contributed by atoms with van der Waals surface area (Å²) in [6, 6.07) is 10.8. The number of hydrogen-bond donors (Lipinski definition) is 1. The molecular weight excluding hydrogens is 474 g/mol. The average molecular weight is 508 g/mol. The van der Waals surface area contributed by atoms with Gasteiger partial charge in [-0.1, -0.05) is 6.07 Å². The molecule has 0 atom stereocenters. The zero-order valence-corrected chi connectivity index (χ0v) is 22.0. The van der Waals surface area contributed by atoms with Gasteiger partial charge in [0.2, 0.25) is 0 Å². The Hall–Kier alpha value is -2.97. The lowest BCUT2D eigenvalue weighted by Crippen LogP contribution is -2.30. The molecule has 1 aliphatic heterocycles. The van der Waals surface area contributed by atoms with Crippen molar-refractivity contribution < 1.29 is 4.74 Å². The summed E-state index contributed by atoms with van der Waals surface area (Å²) in [5.41, 5.74) is 6.28. The van der Waals surface area contributed by atoms with Crippen molar-refractivity contribution in [3.63, 3.8) is 0 Å². The van der Waals surface area contributed by atoms with E-state index in [0.717, 1.165) is 84.2 Å². The Morgan fingerprint density at radius 1 is 0.917 bits per heavy atom. The molecule has 1 aliphatic carbocycles. The molecule has 4 heterocycles. The maximum absolute atomic E-state index is 5.57. The predicted molar refractivity (Wildman–Crippen MR) is 146 cm³/mol. The number of benzene rings is 1. The molecule has 3 aromatic heterocycles. The monoisotopic (exact) mass is 507 g/mol. The van der Waals surface area contributed by atoms with E-state index in [-0.39, 0.29) is 12.4 Å². The Morgan fingerprint density at radius 2 is 1.69 bits per heavy atom. The Morgan fingerprint density at radius 3 is 2.44 bits per heavy atom. The zero-order valence-electron chi connectivity index (χ0n) is 21.2. The van der Waals surface area contributed by atoms with E-state index < -0.39 is 0 Å². The van der Waals surface area contributed by atoms with Crippen LogP contribution in [0.5, 0.6) is 0 Å². The summed E-state index contributed by atoms with van der Waals surface area (Å²) in [6.07, 6.45) is 7.14. The molecule has 0 unspecified atom stereocenters. The quantitative estimate of drug-likeness (QED) is 0.390. The van der Waals surface area contributed by atoms with Crippen LogP contribution >= 0.6 is 12.4 Å². The summed E-state index contributed by atoms with van der Waals surface area (Å²) in [5, 5.41) is 8.77. The van der Waals surface area contributed by atoms with E-state index in [1.165, 1.54) is 18.4 Å². The number of nitrogens with zero attached hydrogens (tertiary/aromatic N) is 6. The number of fused-ring (bicyclic) bond motifs is 2. The van der Waals surface area contributed by atoms with Crippen LogP contribution in [0.4, 0.5) is 11.6 Å². The van der Waals surface area contributed by atoms with Crippen LogP contribution in [0.2, 0.25) is 0 Å². The normalized spacial score (nSPS) is 20.1. The van der Waals surface area contributed by atoms with Gasteiger partial charge in [0.25, 0.3) is 0 Å².